The number of ether oxygens (including phenoxy) is 4. The van der Waals surface area contributed by atoms with Gasteiger partial charge < -0.3 is 18.9 Å². The Kier molecular flexibility index (Phi) is 7.28. The zero-order valence-corrected chi connectivity index (χ0v) is 18.2. The maximum atomic E-state index is 12.9. The van der Waals surface area contributed by atoms with Crippen molar-refractivity contribution in [2.75, 3.05) is 6.61 Å². The smallest absolute Gasteiger partial charge is 0.332 e. The van der Waals surface area contributed by atoms with Gasteiger partial charge in [-0.05, 0) is 62.6 Å². The average molecular weight is 429 g/mol. The quantitative estimate of drug-likeness (QED) is 0.596. The first kappa shape index (κ1) is 21.9. The number of ketones is 1. The summed E-state index contributed by atoms with van der Waals surface area (Å²) < 4.78 is 22.9. The molecular formula is C25H32O6. The van der Waals surface area contributed by atoms with E-state index in [4.69, 9.17) is 18.9 Å². The maximum absolute atomic E-state index is 12.9. The zero-order valence-electron chi connectivity index (χ0n) is 18.2. The molecule has 6 nitrogen and oxygen atoms in total. The Morgan fingerprint density at radius 1 is 1.03 bits per heavy atom. The largest absolute Gasteiger partial charge is 0.493 e. The van der Waals surface area contributed by atoms with Crippen LogP contribution in [0.1, 0.15) is 63.9 Å². The number of rotatable bonds is 7. The highest BCUT2D eigenvalue weighted by Gasteiger charge is 2.41. The van der Waals surface area contributed by atoms with Gasteiger partial charge in [0, 0.05) is 6.42 Å². The minimum absolute atomic E-state index is 0.0222. The molecule has 1 aromatic carbocycles. The monoisotopic (exact) mass is 428 g/mol. The van der Waals surface area contributed by atoms with Gasteiger partial charge in [-0.1, -0.05) is 25.5 Å². The Balaban J connectivity index is 1.25. The van der Waals surface area contributed by atoms with Gasteiger partial charge in [0.1, 0.15) is 30.8 Å². The number of hydrogen-bond donors (Lipinski definition) is 0. The second kappa shape index (κ2) is 10.3. The Bertz CT molecular complexity index is 793. The van der Waals surface area contributed by atoms with Crippen LogP contribution in [0, 0.1) is 5.92 Å². The summed E-state index contributed by atoms with van der Waals surface area (Å²) >= 11 is 0. The van der Waals surface area contributed by atoms with Crippen molar-refractivity contribution >= 4 is 11.8 Å². The van der Waals surface area contributed by atoms with Crippen molar-refractivity contribution in [2.24, 2.45) is 5.92 Å². The minimum atomic E-state index is -0.292. The van der Waals surface area contributed by atoms with Crippen molar-refractivity contribution in [2.45, 2.75) is 83.0 Å². The molecule has 1 heterocycles. The topological polar surface area (TPSA) is 71.1 Å². The number of esters is 1. The molecule has 0 amide bonds. The Morgan fingerprint density at radius 2 is 1.81 bits per heavy atom. The van der Waals surface area contributed by atoms with E-state index in [-0.39, 0.29) is 48.3 Å². The van der Waals surface area contributed by atoms with E-state index in [9.17, 15) is 9.59 Å². The van der Waals surface area contributed by atoms with Crippen LogP contribution < -0.4 is 4.74 Å². The average Bonchev–Trinajstić information content (AvgIpc) is 2.80. The Labute approximate surface area is 183 Å². The molecular weight excluding hydrogens is 396 g/mol. The van der Waals surface area contributed by atoms with Gasteiger partial charge in [0.05, 0.1) is 12.0 Å². The highest BCUT2D eigenvalue weighted by Crippen LogP contribution is 2.35. The molecule has 31 heavy (non-hydrogen) atoms. The number of benzene rings is 1. The molecule has 1 aromatic rings. The van der Waals surface area contributed by atoms with Crippen LogP contribution in [0.25, 0.3) is 0 Å². The molecule has 3 atom stereocenters. The lowest BCUT2D eigenvalue weighted by atomic mass is 9.80. The second-order valence-corrected chi connectivity index (χ2v) is 8.72. The van der Waals surface area contributed by atoms with E-state index in [1.54, 1.807) is 0 Å². The number of carbonyl (C=O) groups excluding carboxylic acids is 2. The lowest BCUT2D eigenvalue weighted by Gasteiger charge is -2.37. The third kappa shape index (κ3) is 5.67. The van der Waals surface area contributed by atoms with Crippen LogP contribution in [0.3, 0.4) is 0 Å². The molecule has 0 bridgehead atoms. The number of Topliss-reactive ketones (excluding diaryl/α,β-unsaturated/α-hetero) is 1. The van der Waals surface area contributed by atoms with Gasteiger partial charge in [0.15, 0.2) is 0 Å². The highest BCUT2D eigenvalue weighted by atomic mass is 16.6. The number of fused-ring (bicyclic) bond motifs is 1. The molecule has 4 rings (SSSR count). The number of hydrogen-bond acceptors (Lipinski definition) is 6. The summed E-state index contributed by atoms with van der Waals surface area (Å²) in [4.78, 5) is 25.0. The van der Waals surface area contributed by atoms with E-state index < -0.39 is 0 Å². The molecule has 0 saturated heterocycles. The lowest BCUT2D eigenvalue weighted by Crippen LogP contribution is -2.43. The summed E-state index contributed by atoms with van der Waals surface area (Å²) in [6.07, 6.45) is 9.41. The van der Waals surface area contributed by atoms with Gasteiger partial charge in [-0.3, -0.25) is 4.79 Å². The first-order valence-electron chi connectivity index (χ1n) is 11.6. The summed E-state index contributed by atoms with van der Waals surface area (Å²) in [6.45, 7) is 2.06. The van der Waals surface area contributed by atoms with Crippen molar-refractivity contribution in [3.63, 3.8) is 0 Å². The third-order valence-corrected chi connectivity index (χ3v) is 6.52. The summed E-state index contributed by atoms with van der Waals surface area (Å²) in [5.74, 6) is 0.336. The number of aryl methyl sites for hydroxylation is 1. The minimum Gasteiger partial charge on any atom is -0.493 e. The van der Waals surface area contributed by atoms with Crippen molar-refractivity contribution < 1.29 is 28.5 Å². The van der Waals surface area contributed by atoms with Gasteiger partial charge in [0.2, 0.25) is 11.5 Å². The molecule has 0 aromatic heterocycles. The predicted octanol–water partition coefficient (Wildman–Crippen LogP) is 4.50. The SMILES string of the molecule is CCc1ccc(OC2=COC3CC(OCC(=O)OC4CCCCC4)CCC3C2=O)cc1. The van der Waals surface area contributed by atoms with E-state index in [1.807, 2.05) is 24.3 Å². The molecule has 3 unspecified atom stereocenters. The van der Waals surface area contributed by atoms with Crippen molar-refractivity contribution in [1.82, 2.24) is 0 Å². The van der Waals surface area contributed by atoms with Gasteiger partial charge in [-0.25, -0.2) is 4.79 Å². The summed E-state index contributed by atoms with van der Waals surface area (Å²) in [7, 11) is 0. The second-order valence-electron chi connectivity index (χ2n) is 8.72. The van der Waals surface area contributed by atoms with Crippen LogP contribution in [0.4, 0.5) is 0 Å². The first-order chi connectivity index (χ1) is 15.1. The van der Waals surface area contributed by atoms with Gasteiger partial charge in [-0.15, -0.1) is 0 Å². The Hall–Kier alpha value is -2.34. The van der Waals surface area contributed by atoms with Crippen molar-refractivity contribution in [1.29, 1.82) is 0 Å². The molecule has 168 valence electrons. The van der Waals surface area contributed by atoms with Crippen molar-refractivity contribution in [3.8, 4) is 5.75 Å². The van der Waals surface area contributed by atoms with Gasteiger partial charge in [0.25, 0.3) is 0 Å². The standard InChI is InChI=1S/C25H32O6/c1-2-17-8-10-19(11-9-17)30-23-15-29-22-14-20(12-13-21(22)25(23)27)28-16-24(26)31-18-6-4-3-5-7-18/h8-11,15,18,20-22H,2-7,12-14,16H2,1H3. The van der Waals surface area contributed by atoms with E-state index in [2.05, 4.69) is 6.92 Å². The number of allylic oxidation sites excluding steroid dienone is 1. The van der Waals surface area contributed by atoms with Gasteiger partial charge in [-0.2, -0.15) is 0 Å². The maximum Gasteiger partial charge on any atom is 0.332 e. The zero-order chi connectivity index (χ0) is 21.6. The van der Waals surface area contributed by atoms with E-state index in [0.717, 1.165) is 32.1 Å². The summed E-state index contributed by atoms with van der Waals surface area (Å²) in [6, 6.07) is 7.73. The normalized spacial score (nSPS) is 26.4. The van der Waals surface area contributed by atoms with Crippen LogP contribution in [-0.4, -0.2) is 36.7 Å². The highest BCUT2D eigenvalue weighted by molar-refractivity contribution is 5.96. The van der Waals surface area contributed by atoms with Crippen molar-refractivity contribution in [3.05, 3.63) is 41.9 Å². The fourth-order valence-electron chi connectivity index (χ4n) is 4.67. The Morgan fingerprint density at radius 3 is 2.55 bits per heavy atom. The van der Waals surface area contributed by atoms with Crippen LogP contribution in [0.2, 0.25) is 0 Å². The third-order valence-electron chi connectivity index (χ3n) is 6.52. The summed E-state index contributed by atoms with van der Waals surface area (Å²) in [5.41, 5.74) is 1.22. The molecule has 1 aliphatic heterocycles. The molecule has 3 aliphatic rings. The predicted molar refractivity (Wildman–Crippen MR) is 114 cm³/mol. The van der Waals surface area contributed by atoms with E-state index >= 15 is 0 Å². The molecule has 2 saturated carbocycles. The lowest BCUT2D eigenvalue weighted by molar-refractivity contribution is -0.161. The van der Waals surface area contributed by atoms with Crippen LogP contribution in [0.15, 0.2) is 36.3 Å². The molecule has 0 N–H and O–H groups in total. The fourth-order valence-corrected chi connectivity index (χ4v) is 4.67. The van der Waals surface area contributed by atoms with Crippen LogP contribution >= 0.6 is 0 Å². The molecule has 0 radical (unpaired) electrons. The molecule has 2 aliphatic carbocycles. The fraction of sp³-hybridized carbons (Fsp3) is 0.600. The first-order valence-corrected chi connectivity index (χ1v) is 11.6. The molecule has 2 fully saturated rings. The summed E-state index contributed by atoms with van der Waals surface area (Å²) in [5, 5.41) is 0. The molecule has 6 heteroatoms. The van der Waals surface area contributed by atoms with Crippen LogP contribution in [-0.2, 0) is 30.2 Å². The number of carbonyl (C=O) groups is 2. The van der Waals surface area contributed by atoms with Gasteiger partial charge >= 0.3 is 5.97 Å². The molecule has 0 spiro atoms. The van der Waals surface area contributed by atoms with E-state index in [0.29, 0.717) is 25.0 Å². The van der Waals surface area contributed by atoms with E-state index in [1.165, 1.54) is 18.2 Å². The van der Waals surface area contributed by atoms with Crippen LogP contribution in [0.5, 0.6) is 5.75 Å².